The molecule has 2 aromatic carbocycles. The van der Waals surface area contributed by atoms with Crippen LogP contribution in [-0.4, -0.2) is 38.1 Å². The van der Waals surface area contributed by atoms with Crippen LogP contribution in [0.1, 0.15) is 24.0 Å². The van der Waals surface area contributed by atoms with Crippen molar-refractivity contribution in [2.75, 3.05) is 27.1 Å². The first-order valence-electron chi connectivity index (χ1n) is 9.16. The van der Waals surface area contributed by atoms with Crippen molar-refractivity contribution in [2.45, 2.75) is 32.0 Å². The fourth-order valence-electron chi connectivity index (χ4n) is 3.64. The third kappa shape index (κ3) is 3.94. The van der Waals surface area contributed by atoms with Crippen LogP contribution in [0.3, 0.4) is 0 Å². The summed E-state index contributed by atoms with van der Waals surface area (Å²) in [5, 5.41) is 0. The Bertz CT molecular complexity index is 728. The minimum atomic E-state index is 0.249. The number of methoxy groups -OCH3 is 1. The zero-order valence-electron chi connectivity index (χ0n) is 15.1. The van der Waals surface area contributed by atoms with Gasteiger partial charge in [0.05, 0.1) is 13.2 Å². The quantitative estimate of drug-likeness (QED) is 0.759. The maximum atomic E-state index is 5.87. The van der Waals surface area contributed by atoms with E-state index in [1.54, 1.807) is 7.11 Å². The van der Waals surface area contributed by atoms with E-state index in [1.165, 1.54) is 5.56 Å². The molecule has 0 saturated carbocycles. The largest absolute Gasteiger partial charge is 0.493 e. The van der Waals surface area contributed by atoms with E-state index in [1.807, 2.05) is 6.07 Å². The lowest BCUT2D eigenvalue weighted by molar-refractivity contribution is 0.0679. The van der Waals surface area contributed by atoms with E-state index in [4.69, 9.17) is 18.9 Å². The molecule has 26 heavy (non-hydrogen) atoms. The van der Waals surface area contributed by atoms with E-state index in [2.05, 4.69) is 41.3 Å². The number of rotatable bonds is 7. The van der Waals surface area contributed by atoms with Gasteiger partial charge in [0.1, 0.15) is 0 Å². The molecule has 0 aromatic heterocycles. The predicted molar refractivity (Wildman–Crippen MR) is 98.6 cm³/mol. The van der Waals surface area contributed by atoms with Crippen molar-refractivity contribution in [2.24, 2.45) is 0 Å². The Kier molecular flexibility index (Phi) is 5.27. The Hall–Kier alpha value is -2.24. The van der Waals surface area contributed by atoms with E-state index in [0.29, 0.717) is 11.9 Å². The van der Waals surface area contributed by atoms with Crippen LogP contribution in [0.4, 0.5) is 0 Å². The summed E-state index contributed by atoms with van der Waals surface area (Å²) in [5.74, 6) is 2.19. The van der Waals surface area contributed by atoms with Crippen LogP contribution >= 0.6 is 0 Å². The van der Waals surface area contributed by atoms with Crippen LogP contribution in [0.15, 0.2) is 42.5 Å². The van der Waals surface area contributed by atoms with Gasteiger partial charge in [0.15, 0.2) is 11.5 Å². The van der Waals surface area contributed by atoms with Crippen molar-refractivity contribution < 1.29 is 18.9 Å². The Morgan fingerprint density at radius 3 is 2.69 bits per heavy atom. The number of hydrogen-bond donors (Lipinski definition) is 0. The molecule has 2 aliphatic heterocycles. The zero-order valence-corrected chi connectivity index (χ0v) is 15.1. The van der Waals surface area contributed by atoms with Crippen molar-refractivity contribution in [1.29, 1.82) is 0 Å². The summed E-state index contributed by atoms with van der Waals surface area (Å²) in [4.78, 5) is 2.43. The smallest absolute Gasteiger partial charge is 0.231 e. The van der Waals surface area contributed by atoms with Gasteiger partial charge in [-0.3, -0.25) is 4.90 Å². The van der Waals surface area contributed by atoms with Gasteiger partial charge >= 0.3 is 0 Å². The summed E-state index contributed by atoms with van der Waals surface area (Å²) >= 11 is 0. The van der Waals surface area contributed by atoms with Gasteiger partial charge in [0, 0.05) is 26.2 Å². The maximum absolute atomic E-state index is 5.87. The molecule has 2 aliphatic rings. The highest BCUT2D eigenvalue weighted by molar-refractivity contribution is 5.55. The lowest BCUT2D eigenvalue weighted by atomic mass is 10.1. The van der Waals surface area contributed by atoms with Gasteiger partial charge < -0.3 is 18.9 Å². The SMILES string of the molecule is COc1cc(CN(Cc2ccccc2)C[C@H]2CCCO2)cc2c1OCO2. The third-order valence-electron chi connectivity index (χ3n) is 4.86. The van der Waals surface area contributed by atoms with E-state index in [-0.39, 0.29) is 6.79 Å². The van der Waals surface area contributed by atoms with E-state index < -0.39 is 0 Å². The molecule has 0 amide bonds. The van der Waals surface area contributed by atoms with Gasteiger partial charge in [-0.1, -0.05) is 30.3 Å². The van der Waals surface area contributed by atoms with Crippen LogP contribution in [0.25, 0.3) is 0 Å². The highest BCUT2D eigenvalue weighted by Gasteiger charge is 2.23. The van der Waals surface area contributed by atoms with Crippen LogP contribution in [0.5, 0.6) is 17.2 Å². The summed E-state index contributed by atoms with van der Waals surface area (Å²) < 4.78 is 22.4. The monoisotopic (exact) mass is 355 g/mol. The lowest BCUT2D eigenvalue weighted by Gasteiger charge is -2.25. The van der Waals surface area contributed by atoms with E-state index in [0.717, 1.165) is 56.1 Å². The molecule has 138 valence electrons. The second kappa shape index (κ2) is 7.98. The molecule has 2 aromatic rings. The first kappa shape index (κ1) is 17.2. The molecule has 0 bridgehead atoms. The molecular weight excluding hydrogens is 330 g/mol. The molecule has 1 saturated heterocycles. The molecular formula is C21H25NO4. The molecule has 5 heteroatoms. The molecule has 0 N–H and O–H groups in total. The molecule has 1 fully saturated rings. The first-order valence-corrected chi connectivity index (χ1v) is 9.16. The summed E-state index contributed by atoms with van der Waals surface area (Å²) in [5.41, 5.74) is 2.46. The second-order valence-corrected chi connectivity index (χ2v) is 6.82. The Balaban J connectivity index is 1.53. The highest BCUT2D eigenvalue weighted by atomic mass is 16.7. The average Bonchev–Trinajstić information content (AvgIpc) is 3.33. The normalized spacial score (nSPS) is 18.5. The zero-order chi connectivity index (χ0) is 17.8. The van der Waals surface area contributed by atoms with Crippen LogP contribution in [0.2, 0.25) is 0 Å². The fraction of sp³-hybridized carbons (Fsp3) is 0.429. The highest BCUT2D eigenvalue weighted by Crippen LogP contribution is 2.42. The lowest BCUT2D eigenvalue weighted by Crippen LogP contribution is -2.31. The van der Waals surface area contributed by atoms with Crippen molar-refractivity contribution >= 4 is 0 Å². The van der Waals surface area contributed by atoms with Gasteiger partial charge in [0.25, 0.3) is 0 Å². The first-order chi connectivity index (χ1) is 12.8. The van der Waals surface area contributed by atoms with Crippen molar-refractivity contribution in [1.82, 2.24) is 4.90 Å². The molecule has 1 atom stereocenters. The molecule has 0 spiro atoms. The fourth-order valence-corrected chi connectivity index (χ4v) is 3.64. The van der Waals surface area contributed by atoms with Crippen LogP contribution in [0, 0.1) is 0 Å². The second-order valence-electron chi connectivity index (χ2n) is 6.82. The molecule has 0 radical (unpaired) electrons. The van der Waals surface area contributed by atoms with Crippen LogP contribution < -0.4 is 14.2 Å². The molecule has 4 rings (SSSR count). The van der Waals surface area contributed by atoms with Gasteiger partial charge in [-0.2, -0.15) is 0 Å². The average molecular weight is 355 g/mol. The minimum absolute atomic E-state index is 0.249. The van der Waals surface area contributed by atoms with Crippen molar-refractivity contribution in [3.63, 3.8) is 0 Å². The Morgan fingerprint density at radius 2 is 1.92 bits per heavy atom. The number of benzene rings is 2. The summed E-state index contributed by atoms with van der Waals surface area (Å²) in [6.45, 7) is 3.74. The summed E-state index contributed by atoms with van der Waals surface area (Å²) in [6.07, 6.45) is 2.60. The number of fused-ring (bicyclic) bond motifs is 1. The summed E-state index contributed by atoms with van der Waals surface area (Å²) in [7, 11) is 1.66. The third-order valence-corrected chi connectivity index (χ3v) is 4.86. The minimum Gasteiger partial charge on any atom is -0.493 e. The Labute approximate surface area is 154 Å². The number of ether oxygens (including phenoxy) is 4. The van der Waals surface area contributed by atoms with Gasteiger partial charge in [-0.25, -0.2) is 0 Å². The van der Waals surface area contributed by atoms with Crippen LogP contribution in [-0.2, 0) is 17.8 Å². The van der Waals surface area contributed by atoms with E-state index >= 15 is 0 Å². The standard InChI is InChI=1S/C21H25NO4/c1-23-19-10-17(11-20-21(19)26-15-25-20)13-22(14-18-8-5-9-24-18)12-16-6-3-2-4-7-16/h2-4,6-7,10-11,18H,5,8-9,12-15H2,1H3/t18-/m1/s1. The predicted octanol–water partition coefficient (Wildman–Crippen LogP) is 3.61. The molecule has 5 nitrogen and oxygen atoms in total. The van der Waals surface area contributed by atoms with E-state index in [9.17, 15) is 0 Å². The molecule has 0 unspecified atom stereocenters. The maximum Gasteiger partial charge on any atom is 0.231 e. The molecule has 2 heterocycles. The van der Waals surface area contributed by atoms with Crippen molar-refractivity contribution in [3.8, 4) is 17.2 Å². The number of nitrogens with zero attached hydrogens (tertiary/aromatic N) is 1. The van der Waals surface area contributed by atoms with Crippen molar-refractivity contribution in [3.05, 3.63) is 53.6 Å². The number of hydrogen-bond acceptors (Lipinski definition) is 5. The van der Waals surface area contributed by atoms with Gasteiger partial charge in [-0.05, 0) is 36.1 Å². The topological polar surface area (TPSA) is 40.2 Å². The molecule has 0 aliphatic carbocycles. The van der Waals surface area contributed by atoms with Gasteiger partial charge in [0.2, 0.25) is 12.5 Å². The van der Waals surface area contributed by atoms with Gasteiger partial charge in [-0.15, -0.1) is 0 Å². The Morgan fingerprint density at radius 1 is 1.08 bits per heavy atom. The summed E-state index contributed by atoms with van der Waals surface area (Å²) in [6, 6.07) is 14.7.